The topological polar surface area (TPSA) is 101 Å². The highest BCUT2D eigenvalue weighted by Crippen LogP contribution is 2.01. The van der Waals surface area contributed by atoms with Gasteiger partial charge in [-0.25, -0.2) is 0 Å². The molecule has 1 aliphatic heterocycles. The first-order valence-electron chi connectivity index (χ1n) is 8.94. The minimum Gasteiger partial charge on any atom is -0.480 e. The molecule has 1 heterocycles. The van der Waals surface area contributed by atoms with Gasteiger partial charge in [0.25, 0.3) is 0 Å². The Morgan fingerprint density at radius 1 is 0.680 bits per heavy atom. The zero-order chi connectivity index (χ0) is 19.2. The molecule has 1 rings (SSSR count). The largest absolute Gasteiger partial charge is 0.480 e. The first-order chi connectivity index (χ1) is 11.8. The molecule has 8 nitrogen and oxygen atoms in total. The summed E-state index contributed by atoms with van der Waals surface area (Å²) >= 11 is 0. The molecule has 0 aromatic rings. The number of rotatable bonds is 7. The van der Waals surface area contributed by atoms with Gasteiger partial charge in [-0.15, -0.1) is 0 Å². The predicted molar refractivity (Wildman–Crippen MR) is 95.9 cm³/mol. The molecular formula is C17H33N3O5. The van der Waals surface area contributed by atoms with Gasteiger partial charge in [0.1, 0.15) is 5.78 Å². The van der Waals surface area contributed by atoms with Crippen LogP contribution in [0.4, 0.5) is 0 Å². The standard InChI is InChI=1S/C14H25N3O5.C3H8/c1-2-12(18)9-15-3-5-16(10-13(19)20)7-8-17(6-4-15)11-14(21)22;1-3-2/h2-11H2,1H3,(H,19,20)(H,21,22);3H2,1-2H3. The van der Waals surface area contributed by atoms with E-state index in [1.807, 2.05) is 11.8 Å². The smallest absolute Gasteiger partial charge is 0.317 e. The summed E-state index contributed by atoms with van der Waals surface area (Å²) in [7, 11) is 0. The average molecular weight is 359 g/mol. The molecule has 0 atom stereocenters. The number of Topliss-reactive ketones (excluding diaryl/α,β-unsaturated/α-hetero) is 1. The van der Waals surface area contributed by atoms with Crippen molar-refractivity contribution in [2.75, 3.05) is 58.9 Å². The van der Waals surface area contributed by atoms with E-state index in [0.717, 1.165) is 0 Å². The monoisotopic (exact) mass is 359 g/mol. The Balaban J connectivity index is 0.00000178. The quantitative estimate of drug-likeness (QED) is 0.676. The van der Waals surface area contributed by atoms with Crippen LogP contribution >= 0.6 is 0 Å². The van der Waals surface area contributed by atoms with Gasteiger partial charge < -0.3 is 10.2 Å². The van der Waals surface area contributed by atoms with Crippen LogP contribution in [0.15, 0.2) is 0 Å². The molecule has 8 heteroatoms. The van der Waals surface area contributed by atoms with Crippen molar-refractivity contribution in [2.45, 2.75) is 33.6 Å². The summed E-state index contributed by atoms with van der Waals surface area (Å²) in [6.07, 6.45) is 1.72. The van der Waals surface area contributed by atoms with Crippen molar-refractivity contribution in [2.24, 2.45) is 0 Å². The Morgan fingerprint density at radius 2 is 0.960 bits per heavy atom. The number of ketones is 1. The molecule has 2 N–H and O–H groups in total. The van der Waals surface area contributed by atoms with Crippen LogP contribution in [-0.2, 0) is 14.4 Å². The fourth-order valence-electron chi connectivity index (χ4n) is 2.40. The number of aliphatic carboxylic acids is 2. The lowest BCUT2D eigenvalue weighted by Crippen LogP contribution is -2.40. The summed E-state index contributed by atoms with van der Waals surface area (Å²) in [6, 6.07) is 0. The van der Waals surface area contributed by atoms with Crippen LogP contribution < -0.4 is 0 Å². The second-order valence-electron chi connectivity index (χ2n) is 6.22. The van der Waals surface area contributed by atoms with E-state index in [4.69, 9.17) is 10.2 Å². The van der Waals surface area contributed by atoms with Gasteiger partial charge in [0.2, 0.25) is 0 Å². The van der Waals surface area contributed by atoms with Gasteiger partial charge in [0, 0.05) is 45.7 Å². The fourth-order valence-corrected chi connectivity index (χ4v) is 2.40. The molecule has 0 amide bonds. The first kappa shape index (κ1) is 23.5. The van der Waals surface area contributed by atoms with Crippen LogP contribution in [0.5, 0.6) is 0 Å². The number of carbonyl (C=O) groups excluding carboxylic acids is 1. The maximum absolute atomic E-state index is 11.6. The maximum atomic E-state index is 11.6. The Kier molecular flexibility index (Phi) is 12.9. The van der Waals surface area contributed by atoms with Crippen LogP contribution in [-0.4, -0.2) is 102 Å². The summed E-state index contributed by atoms with van der Waals surface area (Å²) in [5.41, 5.74) is 0. The van der Waals surface area contributed by atoms with Crippen LogP contribution in [0.2, 0.25) is 0 Å². The van der Waals surface area contributed by atoms with Crippen LogP contribution in [0.1, 0.15) is 33.6 Å². The minimum absolute atomic E-state index is 0.0729. The van der Waals surface area contributed by atoms with Gasteiger partial charge in [0.05, 0.1) is 19.6 Å². The Morgan fingerprint density at radius 3 is 1.20 bits per heavy atom. The van der Waals surface area contributed by atoms with Gasteiger partial charge in [-0.05, 0) is 0 Å². The second kappa shape index (κ2) is 13.7. The third-order valence-electron chi connectivity index (χ3n) is 3.71. The van der Waals surface area contributed by atoms with Crippen molar-refractivity contribution in [3.8, 4) is 0 Å². The van der Waals surface area contributed by atoms with E-state index in [1.165, 1.54) is 6.42 Å². The van der Waals surface area contributed by atoms with Crippen molar-refractivity contribution >= 4 is 17.7 Å². The van der Waals surface area contributed by atoms with E-state index in [9.17, 15) is 14.4 Å². The van der Waals surface area contributed by atoms with Crippen molar-refractivity contribution < 1.29 is 24.6 Å². The Labute approximate surface area is 150 Å². The summed E-state index contributed by atoms with van der Waals surface area (Å²) in [4.78, 5) is 39.0. The van der Waals surface area contributed by atoms with Gasteiger partial charge in [0.15, 0.2) is 0 Å². The number of carboxylic acids is 2. The molecule has 1 fully saturated rings. The van der Waals surface area contributed by atoms with Crippen molar-refractivity contribution in [1.29, 1.82) is 0 Å². The van der Waals surface area contributed by atoms with Crippen LogP contribution in [0.3, 0.4) is 0 Å². The normalized spacial score (nSPS) is 17.6. The van der Waals surface area contributed by atoms with E-state index in [0.29, 0.717) is 52.2 Å². The second-order valence-corrected chi connectivity index (χ2v) is 6.22. The summed E-state index contributed by atoms with van der Waals surface area (Å²) in [5, 5.41) is 17.9. The fraction of sp³-hybridized carbons (Fsp3) is 0.824. The van der Waals surface area contributed by atoms with Gasteiger partial charge in [-0.3, -0.25) is 29.1 Å². The van der Waals surface area contributed by atoms with Crippen LogP contribution in [0, 0.1) is 0 Å². The number of carbonyl (C=O) groups is 3. The molecule has 0 saturated carbocycles. The van der Waals surface area contributed by atoms with E-state index in [2.05, 4.69) is 13.8 Å². The minimum atomic E-state index is -0.903. The average Bonchev–Trinajstić information content (AvgIpc) is 2.60. The molecule has 1 saturated heterocycles. The first-order valence-corrected chi connectivity index (χ1v) is 8.94. The van der Waals surface area contributed by atoms with Gasteiger partial charge >= 0.3 is 11.9 Å². The lowest BCUT2D eigenvalue weighted by molar-refractivity contribution is -0.140. The molecule has 0 aromatic heterocycles. The number of hydrogen-bond acceptors (Lipinski definition) is 6. The molecule has 0 aliphatic carbocycles. The molecule has 0 unspecified atom stereocenters. The number of hydrogen-bond donors (Lipinski definition) is 2. The molecule has 0 aromatic carbocycles. The number of carboxylic acid groups (broad SMARTS) is 2. The third-order valence-corrected chi connectivity index (χ3v) is 3.71. The van der Waals surface area contributed by atoms with Crippen molar-refractivity contribution in [1.82, 2.24) is 14.7 Å². The molecule has 25 heavy (non-hydrogen) atoms. The molecule has 0 radical (unpaired) electrons. The van der Waals surface area contributed by atoms with E-state index >= 15 is 0 Å². The summed E-state index contributed by atoms with van der Waals surface area (Å²) in [5.74, 6) is -1.67. The highest BCUT2D eigenvalue weighted by molar-refractivity contribution is 5.80. The van der Waals surface area contributed by atoms with Gasteiger partial charge in [-0.2, -0.15) is 0 Å². The van der Waals surface area contributed by atoms with E-state index < -0.39 is 11.9 Å². The number of nitrogens with zero attached hydrogens (tertiary/aromatic N) is 3. The Bertz CT molecular complexity index is 389. The van der Waals surface area contributed by atoms with E-state index in [1.54, 1.807) is 9.80 Å². The lowest BCUT2D eigenvalue weighted by atomic mass is 10.3. The van der Waals surface area contributed by atoms with Crippen LogP contribution in [0.25, 0.3) is 0 Å². The molecule has 0 spiro atoms. The summed E-state index contributed by atoms with van der Waals surface area (Å²) < 4.78 is 0. The lowest BCUT2D eigenvalue weighted by Gasteiger charge is -2.24. The highest BCUT2D eigenvalue weighted by Gasteiger charge is 2.20. The molecule has 1 aliphatic rings. The van der Waals surface area contributed by atoms with Crippen molar-refractivity contribution in [3.63, 3.8) is 0 Å². The Hall–Kier alpha value is -1.51. The predicted octanol–water partition coefficient (Wildman–Crippen LogP) is 0.471. The molecule has 146 valence electrons. The van der Waals surface area contributed by atoms with Gasteiger partial charge in [-0.1, -0.05) is 27.2 Å². The van der Waals surface area contributed by atoms with Crippen molar-refractivity contribution in [3.05, 3.63) is 0 Å². The molecule has 0 bridgehead atoms. The zero-order valence-corrected chi connectivity index (χ0v) is 15.7. The SMILES string of the molecule is CCC.CCC(=O)CN1CCN(CC(=O)O)CCN(CC(=O)O)CC1. The van der Waals surface area contributed by atoms with E-state index in [-0.39, 0.29) is 18.9 Å². The third kappa shape index (κ3) is 12.5. The zero-order valence-electron chi connectivity index (χ0n) is 15.7. The maximum Gasteiger partial charge on any atom is 0.317 e. The highest BCUT2D eigenvalue weighted by atomic mass is 16.4. The molecular weight excluding hydrogens is 326 g/mol. The summed E-state index contributed by atoms with van der Waals surface area (Å²) in [6.45, 7) is 9.61.